The van der Waals surface area contributed by atoms with Crippen molar-refractivity contribution in [2.75, 3.05) is 19.5 Å². The Bertz CT molecular complexity index is 736. The zero-order valence-corrected chi connectivity index (χ0v) is 15.0. The topological polar surface area (TPSA) is 73.6 Å². The Hall–Kier alpha value is -2.40. The summed E-state index contributed by atoms with van der Waals surface area (Å²) >= 11 is 0. The summed E-state index contributed by atoms with van der Waals surface area (Å²) in [5, 5.41) is 3.06. The summed E-state index contributed by atoms with van der Waals surface area (Å²) in [6.07, 6.45) is 2.97. The first-order chi connectivity index (χ1) is 11.7. The number of carbonyl (C=O) groups excluding carboxylic acids is 1. The van der Waals surface area contributed by atoms with Crippen LogP contribution >= 0.6 is 12.4 Å². The molecule has 1 unspecified atom stereocenters. The smallest absolute Gasteiger partial charge is 0.258 e. The first-order valence-electron chi connectivity index (χ1n) is 8.11. The highest BCUT2D eigenvalue weighted by atomic mass is 35.5. The molecule has 25 heavy (non-hydrogen) atoms. The maximum Gasteiger partial charge on any atom is 0.258 e. The quantitative estimate of drug-likeness (QED) is 0.800. The van der Waals surface area contributed by atoms with Gasteiger partial charge in [0.15, 0.2) is 18.1 Å². The zero-order valence-electron chi connectivity index (χ0n) is 14.2. The lowest BCUT2D eigenvalue weighted by atomic mass is 9.87. The summed E-state index contributed by atoms with van der Waals surface area (Å²) in [7, 11) is 1.58. The molecule has 0 spiro atoms. The van der Waals surface area contributed by atoms with Gasteiger partial charge in [0.2, 0.25) is 0 Å². The van der Waals surface area contributed by atoms with E-state index in [9.17, 15) is 4.79 Å². The maximum absolute atomic E-state index is 12.3. The fraction of sp³-hybridized carbons (Fsp3) is 0.316. The minimum Gasteiger partial charge on any atom is -0.493 e. The first-order valence-corrected chi connectivity index (χ1v) is 8.11. The Labute approximate surface area is 153 Å². The summed E-state index contributed by atoms with van der Waals surface area (Å²) in [6.45, 7) is -0.0405. The number of halogens is 1. The van der Waals surface area contributed by atoms with Gasteiger partial charge in [0.05, 0.1) is 13.2 Å². The Morgan fingerprint density at radius 3 is 2.76 bits per heavy atom. The molecule has 2 aromatic rings. The third kappa shape index (κ3) is 4.57. The van der Waals surface area contributed by atoms with Crippen molar-refractivity contribution in [1.29, 1.82) is 0 Å². The highest BCUT2D eigenvalue weighted by Gasteiger charge is 2.22. The molecule has 0 heterocycles. The van der Waals surface area contributed by atoms with Crippen molar-refractivity contribution >= 4 is 24.0 Å². The minimum absolute atomic E-state index is 0. The normalized spacial score (nSPS) is 15.5. The number of nitrogens with two attached hydrogens (primary N) is 1. The summed E-state index contributed by atoms with van der Waals surface area (Å²) in [6, 6.07) is 13.2. The number of nitrogen functional groups attached to an aromatic ring is 1. The maximum atomic E-state index is 12.3. The predicted octanol–water partition coefficient (Wildman–Crippen LogP) is 3.27. The summed E-state index contributed by atoms with van der Waals surface area (Å²) < 4.78 is 10.8. The molecule has 0 radical (unpaired) electrons. The third-order valence-electron chi connectivity index (χ3n) is 4.24. The lowest BCUT2D eigenvalue weighted by molar-refractivity contribution is -0.124. The number of carbonyl (C=O) groups is 1. The highest BCUT2D eigenvalue weighted by Crippen LogP contribution is 2.31. The Morgan fingerprint density at radius 1 is 1.24 bits per heavy atom. The van der Waals surface area contributed by atoms with E-state index < -0.39 is 0 Å². The summed E-state index contributed by atoms with van der Waals surface area (Å²) in [5.41, 5.74) is 8.99. The van der Waals surface area contributed by atoms with Crippen LogP contribution in [0.15, 0.2) is 42.5 Å². The second-order valence-electron chi connectivity index (χ2n) is 5.91. The van der Waals surface area contributed by atoms with Crippen LogP contribution in [0.5, 0.6) is 11.5 Å². The van der Waals surface area contributed by atoms with Gasteiger partial charge in [-0.3, -0.25) is 4.79 Å². The van der Waals surface area contributed by atoms with Crippen LogP contribution in [0.1, 0.15) is 30.0 Å². The molecule has 1 aliphatic carbocycles. The SMILES string of the molecule is COc1ccccc1OCC(=O)NC1CCCc2cc(N)ccc21.Cl. The predicted molar refractivity (Wildman–Crippen MR) is 100 cm³/mol. The van der Waals surface area contributed by atoms with Crippen molar-refractivity contribution in [2.24, 2.45) is 0 Å². The van der Waals surface area contributed by atoms with E-state index in [0.717, 1.165) is 30.5 Å². The van der Waals surface area contributed by atoms with Crippen LogP contribution in [0.2, 0.25) is 0 Å². The van der Waals surface area contributed by atoms with Gasteiger partial charge in [0.1, 0.15) is 0 Å². The molecular weight excluding hydrogens is 340 g/mol. The van der Waals surface area contributed by atoms with Gasteiger partial charge in [0, 0.05) is 5.69 Å². The Balaban J connectivity index is 0.00000225. The first kappa shape index (κ1) is 18.9. The molecule has 1 atom stereocenters. The summed E-state index contributed by atoms with van der Waals surface area (Å²) in [5.74, 6) is 1.03. The van der Waals surface area contributed by atoms with Crippen LogP contribution in [0.3, 0.4) is 0 Å². The van der Waals surface area contributed by atoms with Gasteiger partial charge < -0.3 is 20.5 Å². The molecule has 0 aromatic heterocycles. The molecular formula is C19H23ClN2O3. The van der Waals surface area contributed by atoms with Crippen molar-refractivity contribution in [2.45, 2.75) is 25.3 Å². The lowest BCUT2D eigenvalue weighted by Gasteiger charge is -2.26. The van der Waals surface area contributed by atoms with Crippen molar-refractivity contribution in [1.82, 2.24) is 5.32 Å². The van der Waals surface area contributed by atoms with Gasteiger partial charge in [-0.25, -0.2) is 0 Å². The summed E-state index contributed by atoms with van der Waals surface area (Å²) in [4.78, 5) is 12.3. The number of aryl methyl sites for hydroxylation is 1. The monoisotopic (exact) mass is 362 g/mol. The number of hydrogen-bond donors (Lipinski definition) is 2. The van der Waals surface area contributed by atoms with E-state index in [4.69, 9.17) is 15.2 Å². The van der Waals surface area contributed by atoms with Gasteiger partial charge in [0.25, 0.3) is 5.91 Å². The molecule has 1 amide bonds. The van der Waals surface area contributed by atoms with Crippen LogP contribution in [0.4, 0.5) is 5.69 Å². The van der Waals surface area contributed by atoms with Gasteiger partial charge in [-0.2, -0.15) is 0 Å². The number of hydrogen-bond acceptors (Lipinski definition) is 4. The number of fused-ring (bicyclic) bond motifs is 1. The number of nitrogens with one attached hydrogen (secondary N) is 1. The van der Waals surface area contributed by atoms with E-state index in [1.165, 1.54) is 5.56 Å². The molecule has 0 fully saturated rings. The molecule has 5 nitrogen and oxygen atoms in total. The highest BCUT2D eigenvalue weighted by molar-refractivity contribution is 5.85. The number of benzene rings is 2. The average Bonchev–Trinajstić information content (AvgIpc) is 2.60. The average molecular weight is 363 g/mol. The third-order valence-corrected chi connectivity index (χ3v) is 4.24. The second kappa shape index (κ2) is 8.62. The molecule has 2 aromatic carbocycles. The Kier molecular flexibility index (Phi) is 6.53. The number of rotatable bonds is 5. The molecule has 0 saturated carbocycles. The van der Waals surface area contributed by atoms with Crippen LogP contribution < -0.4 is 20.5 Å². The van der Waals surface area contributed by atoms with Gasteiger partial charge in [-0.05, 0) is 54.7 Å². The largest absolute Gasteiger partial charge is 0.493 e. The fourth-order valence-corrected chi connectivity index (χ4v) is 3.10. The van der Waals surface area contributed by atoms with Crippen molar-refractivity contribution in [3.8, 4) is 11.5 Å². The standard InChI is InChI=1S/C19H22N2O3.ClH/c1-23-17-7-2-3-8-18(17)24-12-19(22)21-16-6-4-5-13-11-14(20)9-10-15(13)16;/h2-3,7-11,16H,4-6,12,20H2,1H3,(H,21,22);1H. The van der Waals surface area contributed by atoms with Crippen LogP contribution in [0, 0.1) is 0 Å². The Morgan fingerprint density at radius 2 is 2.00 bits per heavy atom. The minimum atomic E-state index is -0.143. The van der Waals surface area contributed by atoms with Gasteiger partial charge in [-0.15, -0.1) is 12.4 Å². The molecule has 0 bridgehead atoms. The molecule has 6 heteroatoms. The molecule has 0 aliphatic heterocycles. The van der Waals surface area contributed by atoms with E-state index in [-0.39, 0.29) is 31.0 Å². The van der Waals surface area contributed by atoms with Gasteiger partial charge >= 0.3 is 0 Å². The van der Waals surface area contributed by atoms with E-state index in [0.29, 0.717) is 11.5 Å². The number of para-hydroxylation sites is 2. The molecule has 134 valence electrons. The van der Waals surface area contributed by atoms with Gasteiger partial charge in [-0.1, -0.05) is 18.2 Å². The van der Waals surface area contributed by atoms with E-state index in [1.54, 1.807) is 19.2 Å². The lowest BCUT2D eigenvalue weighted by Crippen LogP contribution is -2.34. The molecule has 0 saturated heterocycles. The van der Waals surface area contributed by atoms with E-state index >= 15 is 0 Å². The van der Waals surface area contributed by atoms with Crippen molar-refractivity contribution < 1.29 is 14.3 Å². The van der Waals surface area contributed by atoms with Crippen molar-refractivity contribution in [3.05, 3.63) is 53.6 Å². The zero-order chi connectivity index (χ0) is 16.9. The second-order valence-corrected chi connectivity index (χ2v) is 5.91. The number of amides is 1. The van der Waals surface area contributed by atoms with Crippen LogP contribution in [-0.2, 0) is 11.2 Å². The number of ether oxygens (including phenoxy) is 2. The van der Waals surface area contributed by atoms with Crippen LogP contribution in [-0.4, -0.2) is 19.6 Å². The molecule has 3 rings (SSSR count). The fourth-order valence-electron chi connectivity index (χ4n) is 3.10. The molecule has 1 aliphatic rings. The number of methoxy groups -OCH3 is 1. The number of anilines is 1. The molecule has 3 N–H and O–H groups in total. The van der Waals surface area contributed by atoms with Crippen molar-refractivity contribution in [3.63, 3.8) is 0 Å². The van der Waals surface area contributed by atoms with E-state index in [1.807, 2.05) is 30.3 Å². The van der Waals surface area contributed by atoms with E-state index in [2.05, 4.69) is 5.32 Å². The van der Waals surface area contributed by atoms with Crippen LogP contribution in [0.25, 0.3) is 0 Å².